The Bertz CT molecular complexity index is 421. The Kier molecular flexibility index (Phi) is 2.98. The van der Waals surface area contributed by atoms with Gasteiger partial charge < -0.3 is 10.2 Å². The van der Waals surface area contributed by atoms with E-state index in [0.29, 0.717) is 12.8 Å². The molecule has 2 rings (SSSR count). The van der Waals surface area contributed by atoms with Crippen LogP contribution >= 0.6 is 0 Å². The summed E-state index contributed by atoms with van der Waals surface area (Å²) >= 11 is 0. The predicted octanol–water partition coefficient (Wildman–Crippen LogP) is 0.571. The number of carboxylic acid groups (broad SMARTS) is 1. The minimum absolute atomic E-state index is 0.0572. The predicted molar refractivity (Wildman–Crippen MR) is 61.4 cm³/mol. The second kappa shape index (κ2) is 3.95. The van der Waals surface area contributed by atoms with Gasteiger partial charge in [0.25, 0.3) is 0 Å². The molecule has 2 aliphatic rings. The molecule has 6 heteroatoms. The molecule has 1 unspecified atom stereocenters. The fourth-order valence-corrected chi connectivity index (χ4v) is 5.18. The van der Waals surface area contributed by atoms with Gasteiger partial charge in [0.15, 0.2) is 9.84 Å². The molecule has 1 aliphatic carbocycles. The molecule has 1 saturated carbocycles. The average molecular weight is 262 g/mol. The van der Waals surface area contributed by atoms with Crippen molar-refractivity contribution < 1.29 is 23.4 Å². The average Bonchev–Trinajstić information content (AvgIpc) is 2.55. The first-order valence-electron chi connectivity index (χ1n) is 5.98. The lowest BCUT2D eigenvalue weighted by molar-refractivity contribution is -0.171. The SMILES string of the molecule is O=C(O)C1(C2(O)CCS(=O)(=O)C2)CCCCC1. The smallest absolute Gasteiger partial charge is 0.312 e. The maximum Gasteiger partial charge on any atom is 0.312 e. The Labute approximate surface area is 101 Å². The zero-order valence-electron chi connectivity index (χ0n) is 9.68. The van der Waals surface area contributed by atoms with Crippen LogP contribution in [0.25, 0.3) is 0 Å². The molecule has 0 amide bonds. The Balaban J connectivity index is 2.37. The second-order valence-corrected chi connectivity index (χ2v) is 7.51. The van der Waals surface area contributed by atoms with Crippen LogP contribution in [0.5, 0.6) is 0 Å². The highest BCUT2D eigenvalue weighted by atomic mass is 32.2. The van der Waals surface area contributed by atoms with E-state index in [1.54, 1.807) is 0 Å². The van der Waals surface area contributed by atoms with Crippen molar-refractivity contribution in [2.24, 2.45) is 5.41 Å². The summed E-state index contributed by atoms with van der Waals surface area (Å²) in [4.78, 5) is 11.5. The molecule has 1 aliphatic heterocycles. The van der Waals surface area contributed by atoms with Gasteiger partial charge in [-0.15, -0.1) is 0 Å². The molecule has 2 fully saturated rings. The molecule has 98 valence electrons. The van der Waals surface area contributed by atoms with Crippen molar-refractivity contribution >= 4 is 15.8 Å². The van der Waals surface area contributed by atoms with Gasteiger partial charge in [-0.3, -0.25) is 4.79 Å². The van der Waals surface area contributed by atoms with Gasteiger partial charge in [0.05, 0.1) is 22.5 Å². The highest BCUT2D eigenvalue weighted by Gasteiger charge is 2.60. The quantitative estimate of drug-likeness (QED) is 0.759. The van der Waals surface area contributed by atoms with E-state index in [-0.39, 0.29) is 12.2 Å². The van der Waals surface area contributed by atoms with E-state index in [1.807, 2.05) is 0 Å². The van der Waals surface area contributed by atoms with Crippen molar-refractivity contribution in [3.8, 4) is 0 Å². The van der Waals surface area contributed by atoms with Crippen molar-refractivity contribution in [3.63, 3.8) is 0 Å². The minimum atomic E-state index is -3.29. The molecule has 0 aromatic heterocycles. The van der Waals surface area contributed by atoms with Crippen molar-refractivity contribution in [3.05, 3.63) is 0 Å². The molecule has 1 atom stereocenters. The maximum atomic E-state index is 11.5. The first-order chi connectivity index (χ1) is 7.81. The maximum absolute atomic E-state index is 11.5. The van der Waals surface area contributed by atoms with Gasteiger partial charge in [-0.2, -0.15) is 0 Å². The fourth-order valence-electron chi connectivity index (χ4n) is 3.24. The van der Waals surface area contributed by atoms with Crippen LogP contribution in [0.1, 0.15) is 38.5 Å². The number of carbonyl (C=O) groups is 1. The van der Waals surface area contributed by atoms with Gasteiger partial charge in [0, 0.05) is 0 Å². The summed E-state index contributed by atoms with van der Waals surface area (Å²) in [5.41, 5.74) is -2.83. The van der Waals surface area contributed by atoms with Gasteiger partial charge >= 0.3 is 5.97 Å². The van der Waals surface area contributed by atoms with Crippen LogP contribution in [0.2, 0.25) is 0 Å². The first kappa shape index (κ1) is 12.8. The molecule has 0 aromatic carbocycles. The van der Waals surface area contributed by atoms with Gasteiger partial charge in [0.2, 0.25) is 0 Å². The molecular formula is C11H18O5S. The second-order valence-electron chi connectivity index (χ2n) is 5.32. The molecule has 1 heterocycles. The highest BCUT2D eigenvalue weighted by molar-refractivity contribution is 7.91. The van der Waals surface area contributed by atoms with E-state index in [0.717, 1.165) is 19.3 Å². The fraction of sp³-hybridized carbons (Fsp3) is 0.909. The lowest BCUT2D eigenvalue weighted by atomic mass is 9.63. The number of carboxylic acids is 1. The molecule has 1 saturated heterocycles. The van der Waals surface area contributed by atoms with E-state index in [9.17, 15) is 23.4 Å². The summed E-state index contributed by atoms with van der Waals surface area (Å²) in [5, 5.41) is 19.9. The van der Waals surface area contributed by atoms with Crippen LogP contribution < -0.4 is 0 Å². The Morgan fingerprint density at radius 2 is 1.65 bits per heavy atom. The summed E-state index contributed by atoms with van der Waals surface area (Å²) < 4.78 is 23.0. The first-order valence-corrected chi connectivity index (χ1v) is 7.80. The van der Waals surface area contributed by atoms with Gasteiger partial charge in [0.1, 0.15) is 0 Å². The Morgan fingerprint density at radius 3 is 2.06 bits per heavy atom. The number of hydrogen-bond donors (Lipinski definition) is 2. The summed E-state index contributed by atoms with van der Waals surface area (Å²) in [6, 6.07) is 0. The third-order valence-electron chi connectivity index (χ3n) is 4.29. The molecule has 0 radical (unpaired) electrons. The van der Waals surface area contributed by atoms with Crippen molar-refractivity contribution in [2.75, 3.05) is 11.5 Å². The van der Waals surface area contributed by atoms with Gasteiger partial charge in [-0.25, -0.2) is 8.42 Å². The lowest BCUT2D eigenvalue weighted by Crippen LogP contribution is -2.55. The molecule has 5 nitrogen and oxygen atoms in total. The zero-order chi connectivity index (χ0) is 12.7. The van der Waals surface area contributed by atoms with Crippen LogP contribution in [0.4, 0.5) is 0 Å². The van der Waals surface area contributed by atoms with Crippen molar-refractivity contribution in [1.82, 2.24) is 0 Å². The van der Waals surface area contributed by atoms with Crippen LogP contribution in [0.3, 0.4) is 0 Å². The summed E-state index contributed by atoms with van der Waals surface area (Å²) in [6.45, 7) is 0. The topological polar surface area (TPSA) is 91.7 Å². The van der Waals surface area contributed by atoms with E-state index in [2.05, 4.69) is 0 Å². The third-order valence-corrected chi connectivity index (χ3v) is 6.04. The number of sulfone groups is 1. The van der Waals surface area contributed by atoms with E-state index in [1.165, 1.54) is 0 Å². The molecule has 0 spiro atoms. The van der Waals surface area contributed by atoms with E-state index >= 15 is 0 Å². The van der Waals surface area contributed by atoms with Crippen molar-refractivity contribution in [1.29, 1.82) is 0 Å². The normalized spacial score (nSPS) is 35.6. The number of aliphatic carboxylic acids is 1. The molecule has 0 aromatic rings. The minimum Gasteiger partial charge on any atom is -0.481 e. The number of aliphatic hydroxyl groups is 1. The summed E-state index contributed by atoms with van der Waals surface area (Å²) in [7, 11) is -3.29. The molecule has 17 heavy (non-hydrogen) atoms. The van der Waals surface area contributed by atoms with Crippen LogP contribution in [-0.4, -0.2) is 41.7 Å². The highest BCUT2D eigenvalue weighted by Crippen LogP contribution is 2.49. The Morgan fingerprint density at radius 1 is 1.06 bits per heavy atom. The van der Waals surface area contributed by atoms with Gasteiger partial charge in [-0.1, -0.05) is 19.3 Å². The third kappa shape index (κ3) is 1.97. The Hall–Kier alpha value is -0.620. The monoisotopic (exact) mass is 262 g/mol. The zero-order valence-corrected chi connectivity index (χ0v) is 10.5. The van der Waals surface area contributed by atoms with Crippen LogP contribution in [0, 0.1) is 5.41 Å². The standard InChI is InChI=1S/C11H18O5S/c12-9(13)10(4-2-1-3-5-10)11(14)6-7-17(15,16)8-11/h14H,1-8H2,(H,12,13). The van der Waals surface area contributed by atoms with E-state index < -0.39 is 32.6 Å². The largest absolute Gasteiger partial charge is 0.481 e. The summed E-state index contributed by atoms with van der Waals surface area (Å²) in [5.74, 6) is -1.54. The number of rotatable bonds is 2. The lowest BCUT2D eigenvalue weighted by Gasteiger charge is -2.43. The van der Waals surface area contributed by atoms with Crippen molar-refractivity contribution in [2.45, 2.75) is 44.1 Å². The molecular weight excluding hydrogens is 244 g/mol. The summed E-state index contributed by atoms with van der Waals surface area (Å²) in [6.07, 6.45) is 3.27. The van der Waals surface area contributed by atoms with Crippen LogP contribution in [0.15, 0.2) is 0 Å². The van der Waals surface area contributed by atoms with Crippen LogP contribution in [-0.2, 0) is 14.6 Å². The number of hydrogen-bond acceptors (Lipinski definition) is 4. The molecule has 2 N–H and O–H groups in total. The molecule has 0 bridgehead atoms. The van der Waals surface area contributed by atoms with E-state index in [4.69, 9.17) is 0 Å². The van der Waals surface area contributed by atoms with Gasteiger partial charge in [-0.05, 0) is 19.3 Å².